The molecule has 0 bridgehead atoms. The zero-order valence-electron chi connectivity index (χ0n) is 16.7. The van der Waals surface area contributed by atoms with Crippen LogP contribution >= 0.6 is 0 Å². The van der Waals surface area contributed by atoms with E-state index in [9.17, 15) is 22.8 Å². The number of hydrogen-bond donors (Lipinski definition) is 2. The number of aromatic nitrogens is 1. The van der Waals surface area contributed by atoms with Crippen LogP contribution in [0.5, 0.6) is 0 Å². The fourth-order valence-corrected chi connectivity index (χ4v) is 4.11. The molecule has 0 radical (unpaired) electrons. The van der Waals surface area contributed by atoms with Gasteiger partial charge >= 0.3 is 12.1 Å². The van der Waals surface area contributed by atoms with Gasteiger partial charge in [-0.25, -0.2) is 4.98 Å². The maximum atomic E-state index is 12.4. The van der Waals surface area contributed by atoms with Crippen LogP contribution in [-0.2, 0) is 11.2 Å². The Morgan fingerprint density at radius 1 is 1.17 bits per heavy atom. The lowest BCUT2D eigenvalue weighted by Gasteiger charge is -2.18. The third-order valence-corrected chi connectivity index (χ3v) is 5.62. The molecule has 1 aliphatic carbocycles. The van der Waals surface area contributed by atoms with Crippen molar-refractivity contribution in [3.63, 3.8) is 0 Å². The van der Waals surface area contributed by atoms with Crippen molar-refractivity contribution >= 4 is 17.6 Å². The van der Waals surface area contributed by atoms with Gasteiger partial charge in [-0.3, -0.25) is 9.59 Å². The first kappa shape index (κ1) is 21.8. The molecule has 3 rings (SSSR count). The number of pyridine rings is 1. The molecule has 0 aliphatic heterocycles. The van der Waals surface area contributed by atoms with Crippen LogP contribution in [0.3, 0.4) is 0 Å². The molecule has 1 fully saturated rings. The van der Waals surface area contributed by atoms with Gasteiger partial charge in [-0.1, -0.05) is 31.7 Å². The largest absolute Gasteiger partial charge is 0.471 e. The zero-order valence-corrected chi connectivity index (χ0v) is 16.7. The van der Waals surface area contributed by atoms with Crippen LogP contribution in [-0.4, -0.2) is 23.0 Å². The van der Waals surface area contributed by atoms with Gasteiger partial charge in [0.25, 0.3) is 0 Å². The van der Waals surface area contributed by atoms with Gasteiger partial charge in [0.1, 0.15) is 5.82 Å². The van der Waals surface area contributed by atoms with E-state index in [1.807, 2.05) is 6.92 Å². The van der Waals surface area contributed by atoms with Crippen molar-refractivity contribution in [1.82, 2.24) is 4.98 Å². The summed E-state index contributed by atoms with van der Waals surface area (Å²) in [5.74, 6) is -2.17. The van der Waals surface area contributed by atoms with Crippen LogP contribution in [0.1, 0.15) is 53.6 Å². The summed E-state index contributed by atoms with van der Waals surface area (Å²) in [6.45, 7) is 1.90. The van der Waals surface area contributed by atoms with E-state index in [4.69, 9.17) is 5.73 Å². The van der Waals surface area contributed by atoms with Gasteiger partial charge < -0.3 is 11.1 Å². The Hall–Kier alpha value is -2.90. The second-order valence-electron chi connectivity index (χ2n) is 7.72. The summed E-state index contributed by atoms with van der Waals surface area (Å²) < 4.78 is 37.3. The Morgan fingerprint density at radius 3 is 2.43 bits per heavy atom. The minimum atomic E-state index is -4.99. The van der Waals surface area contributed by atoms with E-state index in [0.717, 1.165) is 23.1 Å². The van der Waals surface area contributed by atoms with E-state index in [1.165, 1.54) is 37.9 Å². The molecule has 1 aromatic heterocycles. The molecule has 0 spiro atoms. The van der Waals surface area contributed by atoms with E-state index in [2.05, 4.69) is 4.98 Å². The number of nitrogens with zero attached hydrogens (tertiary/aromatic N) is 1. The van der Waals surface area contributed by atoms with E-state index in [-0.39, 0.29) is 5.82 Å². The number of aryl methyl sites for hydroxylation is 1. The first-order valence-corrected chi connectivity index (χ1v) is 9.93. The van der Waals surface area contributed by atoms with Crippen molar-refractivity contribution in [2.45, 2.75) is 51.6 Å². The molecule has 1 heterocycles. The quantitative estimate of drug-likeness (QED) is 0.707. The zero-order chi connectivity index (χ0) is 21.9. The Bertz CT molecular complexity index is 934. The van der Waals surface area contributed by atoms with Gasteiger partial charge in [-0.15, -0.1) is 0 Å². The molecule has 3 N–H and O–H groups in total. The highest BCUT2D eigenvalue weighted by Gasteiger charge is 2.38. The van der Waals surface area contributed by atoms with Crippen molar-refractivity contribution in [1.29, 1.82) is 0 Å². The predicted molar refractivity (Wildman–Crippen MR) is 108 cm³/mol. The number of carbonyl (C=O) groups excluding carboxylic acids is 2. The normalized spacial score (nSPS) is 14.7. The van der Waals surface area contributed by atoms with Gasteiger partial charge in [0.05, 0.1) is 0 Å². The number of halogens is 3. The predicted octanol–water partition coefficient (Wildman–Crippen LogP) is 4.78. The number of hydrogen-bond acceptors (Lipinski definition) is 3. The Kier molecular flexibility index (Phi) is 6.43. The van der Waals surface area contributed by atoms with Crippen LogP contribution < -0.4 is 11.1 Å². The van der Waals surface area contributed by atoms with E-state index in [0.29, 0.717) is 23.5 Å². The molecule has 2 aromatic rings. The number of amides is 2. The smallest absolute Gasteiger partial charge is 0.366 e. The molecule has 160 valence electrons. The topological polar surface area (TPSA) is 85.1 Å². The van der Waals surface area contributed by atoms with E-state index < -0.39 is 18.0 Å². The summed E-state index contributed by atoms with van der Waals surface area (Å²) in [4.78, 5) is 27.1. The summed E-state index contributed by atoms with van der Waals surface area (Å²) in [6.07, 6.45) is 2.87. The van der Waals surface area contributed by atoms with Crippen LogP contribution in [0.4, 0.5) is 19.0 Å². The summed E-state index contributed by atoms with van der Waals surface area (Å²) in [5, 5.41) is 1.73. The molecule has 0 atom stereocenters. The number of nitrogens with one attached hydrogen (secondary N) is 1. The fraction of sp³-hybridized carbons (Fsp3) is 0.409. The second kappa shape index (κ2) is 8.85. The number of benzene rings is 1. The molecule has 2 amide bonds. The standard InChI is InChI=1S/C22H24F3N3O2/c1-13-6-9-17(20(26)29)16(10-7-14-4-2-3-5-14)19(13)15-8-11-18(27-12-15)28-21(30)22(23,24)25/h6,8-9,11-12,14H,2-5,7,10H2,1H3,(H2,26,29)(H,27,28,30). The van der Waals surface area contributed by atoms with Crippen molar-refractivity contribution in [2.75, 3.05) is 5.32 Å². The van der Waals surface area contributed by atoms with Gasteiger partial charge in [0.15, 0.2) is 0 Å². The molecule has 1 saturated carbocycles. The summed E-state index contributed by atoms with van der Waals surface area (Å²) in [7, 11) is 0. The molecular weight excluding hydrogens is 395 g/mol. The van der Waals surface area contributed by atoms with Gasteiger partial charge in [-0.2, -0.15) is 13.2 Å². The SMILES string of the molecule is Cc1ccc(C(N)=O)c(CCC2CCCC2)c1-c1ccc(NC(=O)C(F)(F)F)nc1. The van der Waals surface area contributed by atoms with Crippen molar-refractivity contribution in [2.24, 2.45) is 11.7 Å². The average molecular weight is 419 g/mol. The number of carbonyl (C=O) groups is 2. The number of nitrogens with two attached hydrogens (primary N) is 1. The lowest BCUT2D eigenvalue weighted by Crippen LogP contribution is -2.30. The van der Waals surface area contributed by atoms with Crippen LogP contribution in [0.15, 0.2) is 30.5 Å². The molecule has 0 unspecified atom stereocenters. The third kappa shape index (κ3) is 4.98. The highest BCUT2D eigenvalue weighted by molar-refractivity contribution is 5.97. The maximum absolute atomic E-state index is 12.4. The molecule has 0 saturated heterocycles. The first-order chi connectivity index (χ1) is 14.2. The minimum Gasteiger partial charge on any atom is -0.366 e. The fourth-order valence-electron chi connectivity index (χ4n) is 4.11. The summed E-state index contributed by atoms with van der Waals surface area (Å²) >= 11 is 0. The number of anilines is 1. The summed E-state index contributed by atoms with van der Waals surface area (Å²) in [5.41, 5.74) is 9.27. The van der Waals surface area contributed by atoms with Gasteiger partial charge in [-0.05, 0) is 60.6 Å². The molecule has 1 aliphatic rings. The number of rotatable bonds is 6. The molecule has 30 heavy (non-hydrogen) atoms. The lowest BCUT2D eigenvalue weighted by molar-refractivity contribution is -0.167. The Morgan fingerprint density at radius 2 is 1.87 bits per heavy atom. The minimum absolute atomic E-state index is 0.197. The van der Waals surface area contributed by atoms with Gasteiger partial charge in [0.2, 0.25) is 5.91 Å². The molecular formula is C22H24F3N3O2. The van der Waals surface area contributed by atoms with Crippen molar-refractivity contribution < 1.29 is 22.8 Å². The lowest BCUT2D eigenvalue weighted by atomic mass is 9.87. The second-order valence-corrected chi connectivity index (χ2v) is 7.72. The maximum Gasteiger partial charge on any atom is 0.471 e. The summed E-state index contributed by atoms with van der Waals surface area (Å²) in [6, 6.07) is 6.42. The Labute approximate surface area is 172 Å². The molecule has 8 heteroatoms. The Balaban J connectivity index is 1.92. The van der Waals surface area contributed by atoms with Crippen molar-refractivity contribution in [3.05, 3.63) is 47.2 Å². The monoisotopic (exact) mass is 419 g/mol. The number of alkyl halides is 3. The highest BCUT2D eigenvalue weighted by Crippen LogP contribution is 2.34. The number of primary amides is 1. The molecule has 5 nitrogen and oxygen atoms in total. The molecule has 1 aromatic carbocycles. The average Bonchev–Trinajstić information content (AvgIpc) is 3.20. The van der Waals surface area contributed by atoms with Crippen LogP contribution in [0.25, 0.3) is 11.1 Å². The van der Waals surface area contributed by atoms with Crippen molar-refractivity contribution in [3.8, 4) is 11.1 Å². The van der Waals surface area contributed by atoms with Crippen LogP contribution in [0.2, 0.25) is 0 Å². The third-order valence-electron chi connectivity index (χ3n) is 5.62. The van der Waals surface area contributed by atoms with Gasteiger partial charge in [0, 0.05) is 17.3 Å². The van der Waals surface area contributed by atoms with Crippen LogP contribution in [0, 0.1) is 12.8 Å². The highest BCUT2D eigenvalue weighted by atomic mass is 19.4. The first-order valence-electron chi connectivity index (χ1n) is 9.93. The van der Waals surface area contributed by atoms with E-state index in [1.54, 1.807) is 23.5 Å². The van der Waals surface area contributed by atoms with E-state index >= 15 is 0 Å².